The molecule has 0 aliphatic rings. The molecule has 0 heterocycles. The Balaban J connectivity index is 2.40. The topological polar surface area (TPSA) is 86.8 Å². The molecule has 1 atom stereocenters. The Kier molecular flexibility index (Phi) is 9.21. The van der Waals surface area contributed by atoms with Gasteiger partial charge in [-0.05, 0) is 49.7 Å². The van der Waals surface area contributed by atoms with Crippen LogP contribution in [0.2, 0.25) is 15.1 Å². The molecule has 0 unspecified atom stereocenters. The standard InChI is InChI=1S/C21H24Cl3N3O4S/c1-4-25-21(29)14(2)26(12-15-8-9-18(23)19(24)10-15)20(28)13-27(32(3,30)31)17-7-5-6-16(22)11-17/h5-11,14H,4,12-13H2,1-3H3,(H,25,29)/t14-/m0/s1. The van der Waals surface area contributed by atoms with Crippen LogP contribution in [0.1, 0.15) is 19.4 Å². The van der Waals surface area contributed by atoms with Crippen LogP contribution in [0.3, 0.4) is 0 Å². The monoisotopic (exact) mass is 519 g/mol. The Morgan fingerprint density at radius 1 is 1.06 bits per heavy atom. The maximum Gasteiger partial charge on any atom is 0.244 e. The molecular weight excluding hydrogens is 497 g/mol. The Hall–Kier alpha value is -2.00. The lowest BCUT2D eigenvalue weighted by Crippen LogP contribution is -2.51. The second kappa shape index (κ2) is 11.2. The normalized spacial score (nSPS) is 12.2. The summed E-state index contributed by atoms with van der Waals surface area (Å²) >= 11 is 18.1. The second-order valence-electron chi connectivity index (χ2n) is 7.09. The number of hydrogen-bond donors (Lipinski definition) is 1. The van der Waals surface area contributed by atoms with Gasteiger partial charge in [0.2, 0.25) is 21.8 Å². The first-order chi connectivity index (χ1) is 14.9. The molecule has 0 saturated heterocycles. The SMILES string of the molecule is CCNC(=O)[C@H](C)N(Cc1ccc(Cl)c(Cl)c1)C(=O)CN(c1cccc(Cl)c1)S(C)(=O)=O. The van der Waals surface area contributed by atoms with Crippen molar-refractivity contribution in [3.05, 3.63) is 63.1 Å². The van der Waals surface area contributed by atoms with E-state index in [1.807, 2.05) is 0 Å². The van der Waals surface area contributed by atoms with Crippen LogP contribution in [0.15, 0.2) is 42.5 Å². The van der Waals surface area contributed by atoms with Crippen LogP contribution in [-0.2, 0) is 26.2 Å². The highest BCUT2D eigenvalue weighted by Crippen LogP contribution is 2.25. The Bertz CT molecular complexity index is 1100. The van der Waals surface area contributed by atoms with E-state index in [0.29, 0.717) is 27.2 Å². The van der Waals surface area contributed by atoms with E-state index in [1.54, 1.807) is 44.2 Å². The number of nitrogens with zero attached hydrogens (tertiary/aromatic N) is 2. The summed E-state index contributed by atoms with van der Waals surface area (Å²) in [5.41, 5.74) is 0.881. The number of rotatable bonds is 9. The van der Waals surface area contributed by atoms with Gasteiger partial charge in [0.1, 0.15) is 12.6 Å². The van der Waals surface area contributed by atoms with Gasteiger partial charge in [-0.3, -0.25) is 13.9 Å². The summed E-state index contributed by atoms with van der Waals surface area (Å²) in [6.45, 7) is 3.24. The summed E-state index contributed by atoms with van der Waals surface area (Å²) in [4.78, 5) is 27.1. The van der Waals surface area contributed by atoms with E-state index in [-0.39, 0.29) is 18.1 Å². The maximum absolute atomic E-state index is 13.3. The van der Waals surface area contributed by atoms with E-state index < -0.39 is 28.5 Å². The first-order valence-electron chi connectivity index (χ1n) is 9.68. The molecule has 0 aliphatic carbocycles. The van der Waals surface area contributed by atoms with Crippen molar-refractivity contribution in [3.8, 4) is 0 Å². The quantitative estimate of drug-likeness (QED) is 0.542. The van der Waals surface area contributed by atoms with Crippen molar-refractivity contribution in [2.24, 2.45) is 0 Å². The van der Waals surface area contributed by atoms with E-state index in [4.69, 9.17) is 34.8 Å². The van der Waals surface area contributed by atoms with Gasteiger partial charge in [0.15, 0.2) is 0 Å². The minimum absolute atomic E-state index is 0.0289. The number of halogens is 3. The average molecular weight is 521 g/mol. The zero-order valence-corrected chi connectivity index (χ0v) is 20.9. The number of benzene rings is 2. The predicted molar refractivity (Wildman–Crippen MR) is 129 cm³/mol. The third-order valence-electron chi connectivity index (χ3n) is 4.63. The molecule has 11 heteroatoms. The summed E-state index contributed by atoms with van der Waals surface area (Å²) in [6.07, 6.45) is 0.998. The van der Waals surface area contributed by atoms with Crippen molar-refractivity contribution >= 4 is 62.3 Å². The third kappa shape index (κ3) is 7.00. The zero-order valence-electron chi connectivity index (χ0n) is 17.8. The highest BCUT2D eigenvalue weighted by atomic mass is 35.5. The van der Waals surface area contributed by atoms with Crippen molar-refractivity contribution in [1.82, 2.24) is 10.2 Å². The number of sulfonamides is 1. The van der Waals surface area contributed by atoms with Crippen LogP contribution in [0.5, 0.6) is 0 Å². The number of anilines is 1. The molecule has 0 bridgehead atoms. The molecule has 2 aromatic rings. The molecule has 0 fully saturated rings. The number of hydrogen-bond acceptors (Lipinski definition) is 4. The summed E-state index contributed by atoms with van der Waals surface area (Å²) in [7, 11) is -3.82. The van der Waals surface area contributed by atoms with Crippen LogP contribution < -0.4 is 9.62 Å². The number of carbonyl (C=O) groups excluding carboxylic acids is 2. The van der Waals surface area contributed by atoms with Crippen molar-refractivity contribution in [2.45, 2.75) is 26.4 Å². The molecule has 0 aromatic heterocycles. The minimum atomic E-state index is -3.82. The molecule has 0 aliphatic heterocycles. The molecule has 2 amide bonds. The van der Waals surface area contributed by atoms with E-state index >= 15 is 0 Å². The van der Waals surface area contributed by atoms with Crippen molar-refractivity contribution < 1.29 is 18.0 Å². The van der Waals surface area contributed by atoms with Gasteiger partial charge in [-0.1, -0.05) is 46.9 Å². The highest BCUT2D eigenvalue weighted by molar-refractivity contribution is 7.92. The molecule has 0 saturated carbocycles. The largest absolute Gasteiger partial charge is 0.355 e. The molecular formula is C21H24Cl3N3O4S. The Morgan fingerprint density at radius 3 is 2.31 bits per heavy atom. The first kappa shape index (κ1) is 26.3. The van der Waals surface area contributed by atoms with Crippen LogP contribution in [0.25, 0.3) is 0 Å². The first-order valence-corrected chi connectivity index (χ1v) is 12.7. The molecule has 2 aromatic carbocycles. The number of nitrogens with one attached hydrogen (secondary N) is 1. The average Bonchev–Trinajstić information content (AvgIpc) is 2.71. The fourth-order valence-corrected chi connectivity index (χ4v) is 4.33. The Labute approximate surface area is 203 Å². The summed E-state index contributed by atoms with van der Waals surface area (Å²) in [6, 6.07) is 10.2. The van der Waals surface area contributed by atoms with Crippen LogP contribution in [-0.4, -0.2) is 50.5 Å². The predicted octanol–water partition coefficient (Wildman–Crippen LogP) is 3.97. The number of likely N-dealkylation sites (N-methyl/N-ethyl adjacent to an activating group) is 1. The fraction of sp³-hybridized carbons (Fsp3) is 0.333. The number of amides is 2. The molecule has 32 heavy (non-hydrogen) atoms. The van der Waals surface area contributed by atoms with Crippen molar-refractivity contribution in [2.75, 3.05) is 23.7 Å². The highest BCUT2D eigenvalue weighted by Gasteiger charge is 2.30. The van der Waals surface area contributed by atoms with Crippen LogP contribution in [0, 0.1) is 0 Å². The summed E-state index contributed by atoms with van der Waals surface area (Å²) < 4.78 is 25.8. The fourth-order valence-electron chi connectivity index (χ4n) is 2.98. The third-order valence-corrected chi connectivity index (χ3v) is 6.75. The van der Waals surface area contributed by atoms with Gasteiger partial charge in [0, 0.05) is 18.1 Å². The molecule has 0 radical (unpaired) electrons. The number of carbonyl (C=O) groups is 2. The lowest BCUT2D eigenvalue weighted by atomic mass is 10.1. The van der Waals surface area contributed by atoms with Crippen LogP contribution >= 0.6 is 34.8 Å². The molecule has 2 rings (SSSR count). The van der Waals surface area contributed by atoms with Crippen molar-refractivity contribution in [3.63, 3.8) is 0 Å². The van der Waals surface area contributed by atoms with Crippen LogP contribution in [0.4, 0.5) is 5.69 Å². The lowest BCUT2D eigenvalue weighted by Gasteiger charge is -2.31. The molecule has 174 valence electrons. The van der Waals surface area contributed by atoms with Gasteiger partial charge in [0.25, 0.3) is 0 Å². The van der Waals surface area contributed by atoms with E-state index in [2.05, 4.69) is 5.32 Å². The van der Waals surface area contributed by atoms with Gasteiger partial charge in [0.05, 0.1) is 22.0 Å². The summed E-state index contributed by atoms with van der Waals surface area (Å²) in [5, 5.41) is 3.67. The lowest BCUT2D eigenvalue weighted by molar-refractivity contribution is -0.139. The molecule has 7 nitrogen and oxygen atoms in total. The van der Waals surface area contributed by atoms with Gasteiger partial charge in [-0.2, -0.15) is 0 Å². The van der Waals surface area contributed by atoms with Gasteiger partial charge < -0.3 is 10.2 Å². The van der Waals surface area contributed by atoms with Crippen molar-refractivity contribution in [1.29, 1.82) is 0 Å². The minimum Gasteiger partial charge on any atom is -0.355 e. The van der Waals surface area contributed by atoms with Gasteiger partial charge >= 0.3 is 0 Å². The van der Waals surface area contributed by atoms with E-state index in [1.165, 1.54) is 17.0 Å². The smallest absolute Gasteiger partial charge is 0.244 e. The van der Waals surface area contributed by atoms with Gasteiger partial charge in [-0.15, -0.1) is 0 Å². The molecule has 0 spiro atoms. The van der Waals surface area contributed by atoms with E-state index in [9.17, 15) is 18.0 Å². The molecule has 1 N–H and O–H groups in total. The summed E-state index contributed by atoms with van der Waals surface area (Å²) in [5.74, 6) is -0.935. The van der Waals surface area contributed by atoms with Gasteiger partial charge in [-0.25, -0.2) is 8.42 Å². The second-order valence-corrected chi connectivity index (χ2v) is 10.2. The zero-order chi connectivity index (χ0) is 24.1. The Morgan fingerprint density at radius 2 is 1.75 bits per heavy atom. The maximum atomic E-state index is 13.3. The van der Waals surface area contributed by atoms with E-state index in [0.717, 1.165) is 10.6 Å².